The van der Waals surface area contributed by atoms with Crippen molar-refractivity contribution in [2.75, 3.05) is 51.3 Å². The van der Waals surface area contributed by atoms with Crippen LogP contribution in [0.4, 0.5) is 5.95 Å². The molecule has 0 unspecified atom stereocenters. The highest BCUT2D eigenvalue weighted by atomic mass is 16.5. The summed E-state index contributed by atoms with van der Waals surface area (Å²) in [5.74, 6) is 0.707. The maximum Gasteiger partial charge on any atom is 0.329 e. The van der Waals surface area contributed by atoms with Gasteiger partial charge >= 0.3 is 5.69 Å². The predicted molar refractivity (Wildman–Crippen MR) is 122 cm³/mol. The number of aryl methyl sites for hydroxylation is 1. The van der Waals surface area contributed by atoms with Gasteiger partial charge in [-0.1, -0.05) is 42.5 Å². The van der Waals surface area contributed by atoms with E-state index < -0.39 is 11.2 Å². The van der Waals surface area contributed by atoms with Gasteiger partial charge in [-0.25, -0.2) is 4.79 Å². The average Bonchev–Trinajstić information content (AvgIpc) is 3.17. The number of nitrogens with zero attached hydrogens (tertiary/aromatic N) is 5. The maximum absolute atomic E-state index is 12.5. The zero-order chi connectivity index (χ0) is 21.8. The summed E-state index contributed by atoms with van der Waals surface area (Å²) in [5.41, 5.74) is 1.12. The molecule has 0 bridgehead atoms. The normalized spacial score (nSPS) is 15.4. The molecular formula is C22H28N6O3. The molecule has 9 heteroatoms. The molecule has 0 saturated carbocycles. The third-order valence-corrected chi connectivity index (χ3v) is 5.63. The minimum atomic E-state index is -0.463. The fourth-order valence-corrected chi connectivity index (χ4v) is 3.89. The van der Waals surface area contributed by atoms with Crippen molar-refractivity contribution < 1.29 is 4.74 Å². The lowest BCUT2D eigenvalue weighted by Crippen LogP contribution is -2.47. The number of nitrogens with one attached hydrogen (secondary N) is 1. The first-order valence-corrected chi connectivity index (χ1v) is 10.5. The lowest BCUT2D eigenvalue weighted by atomic mass is 10.2. The Morgan fingerprint density at radius 2 is 1.87 bits per heavy atom. The number of aromatic amines is 1. The summed E-state index contributed by atoms with van der Waals surface area (Å²) < 4.78 is 8.48. The second kappa shape index (κ2) is 9.32. The van der Waals surface area contributed by atoms with Crippen LogP contribution in [0.2, 0.25) is 0 Å². The quantitative estimate of drug-likeness (QED) is 0.607. The van der Waals surface area contributed by atoms with Crippen LogP contribution in [0.1, 0.15) is 5.56 Å². The van der Waals surface area contributed by atoms with Crippen LogP contribution in [0.3, 0.4) is 0 Å². The van der Waals surface area contributed by atoms with Crippen LogP contribution in [0.5, 0.6) is 0 Å². The monoisotopic (exact) mass is 424 g/mol. The molecule has 0 radical (unpaired) electrons. The Bertz CT molecular complexity index is 1170. The number of hydrogen-bond donors (Lipinski definition) is 1. The van der Waals surface area contributed by atoms with Gasteiger partial charge in [-0.15, -0.1) is 0 Å². The molecule has 31 heavy (non-hydrogen) atoms. The van der Waals surface area contributed by atoms with Gasteiger partial charge < -0.3 is 14.2 Å². The third-order valence-electron chi connectivity index (χ3n) is 5.63. The van der Waals surface area contributed by atoms with Crippen molar-refractivity contribution in [1.82, 2.24) is 24.0 Å². The van der Waals surface area contributed by atoms with Crippen LogP contribution in [-0.4, -0.2) is 70.4 Å². The number of fused-ring (bicyclic) bond motifs is 1. The Morgan fingerprint density at radius 3 is 2.58 bits per heavy atom. The molecule has 1 fully saturated rings. The number of anilines is 1. The van der Waals surface area contributed by atoms with E-state index in [1.165, 1.54) is 10.1 Å². The molecule has 1 saturated heterocycles. The first kappa shape index (κ1) is 21.1. The van der Waals surface area contributed by atoms with Crippen LogP contribution < -0.4 is 16.1 Å². The van der Waals surface area contributed by atoms with Crippen molar-refractivity contribution >= 4 is 23.2 Å². The van der Waals surface area contributed by atoms with Gasteiger partial charge in [-0.05, 0) is 5.56 Å². The van der Waals surface area contributed by atoms with Gasteiger partial charge in [0.25, 0.3) is 5.56 Å². The molecule has 1 aliphatic heterocycles. The summed E-state index contributed by atoms with van der Waals surface area (Å²) in [6, 6.07) is 10.3. The first-order valence-electron chi connectivity index (χ1n) is 10.5. The smallest absolute Gasteiger partial charge is 0.329 e. The van der Waals surface area contributed by atoms with Gasteiger partial charge in [0.1, 0.15) is 0 Å². The highest BCUT2D eigenvalue weighted by Gasteiger charge is 2.24. The third kappa shape index (κ3) is 4.47. The molecule has 3 aromatic rings. The Balaban J connectivity index is 1.51. The molecule has 0 amide bonds. The molecule has 2 aromatic heterocycles. The summed E-state index contributed by atoms with van der Waals surface area (Å²) in [6.45, 7) is 5.19. The maximum atomic E-state index is 12.5. The van der Waals surface area contributed by atoms with Crippen LogP contribution in [0, 0.1) is 0 Å². The van der Waals surface area contributed by atoms with E-state index in [4.69, 9.17) is 4.74 Å². The molecule has 4 rings (SSSR count). The lowest BCUT2D eigenvalue weighted by Gasteiger charge is -2.35. The zero-order valence-electron chi connectivity index (χ0n) is 18.0. The minimum Gasteiger partial charge on any atom is -0.383 e. The Morgan fingerprint density at radius 1 is 1.13 bits per heavy atom. The van der Waals surface area contributed by atoms with E-state index in [0.29, 0.717) is 30.3 Å². The predicted octanol–water partition coefficient (Wildman–Crippen LogP) is 0.905. The molecule has 164 valence electrons. The van der Waals surface area contributed by atoms with Crippen molar-refractivity contribution in [3.8, 4) is 0 Å². The van der Waals surface area contributed by atoms with E-state index in [2.05, 4.69) is 44.1 Å². The molecule has 3 heterocycles. The molecule has 0 atom stereocenters. The van der Waals surface area contributed by atoms with Gasteiger partial charge in [0.2, 0.25) is 5.95 Å². The summed E-state index contributed by atoms with van der Waals surface area (Å²) in [5, 5.41) is 0. The van der Waals surface area contributed by atoms with E-state index in [-0.39, 0.29) is 0 Å². The molecule has 0 aliphatic carbocycles. The number of H-pyrrole nitrogens is 1. The zero-order valence-corrected chi connectivity index (χ0v) is 18.0. The fraction of sp³-hybridized carbons (Fsp3) is 0.409. The number of piperazine rings is 1. The summed E-state index contributed by atoms with van der Waals surface area (Å²) >= 11 is 0. The largest absolute Gasteiger partial charge is 0.383 e. The van der Waals surface area contributed by atoms with Crippen LogP contribution in [-0.2, 0) is 18.3 Å². The van der Waals surface area contributed by atoms with Gasteiger partial charge in [-0.3, -0.25) is 19.2 Å². The molecule has 1 aliphatic rings. The Labute approximate surface area is 180 Å². The fourth-order valence-electron chi connectivity index (χ4n) is 3.89. The van der Waals surface area contributed by atoms with Gasteiger partial charge in [0.05, 0.1) is 6.61 Å². The lowest BCUT2D eigenvalue weighted by molar-refractivity contribution is 0.188. The van der Waals surface area contributed by atoms with E-state index in [1.54, 1.807) is 14.2 Å². The molecule has 1 aromatic carbocycles. The Hall–Kier alpha value is -3.17. The van der Waals surface area contributed by atoms with Crippen LogP contribution >= 0.6 is 0 Å². The number of rotatable bonds is 7. The number of aromatic nitrogens is 4. The summed E-state index contributed by atoms with van der Waals surface area (Å²) in [6.07, 6.45) is 4.33. The summed E-state index contributed by atoms with van der Waals surface area (Å²) in [7, 11) is 3.25. The highest BCUT2D eigenvalue weighted by molar-refractivity contribution is 5.74. The topological polar surface area (TPSA) is 88.4 Å². The SMILES string of the molecule is COCCn1c(N2CCN(CC=Cc3ccccc3)CC2)nc2c1c(=O)[nH]c(=O)n2C. The van der Waals surface area contributed by atoms with E-state index in [1.807, 2.05) is 22.8 Å². The van der Waals surface area contributed by atoms with Gasteiger partial charge in [-0.2, -0.15) is 4.98 Å². The molecule has 0 spiro atoms. The molecule has 1 N–H and O–H groups in total. The van der Waals surface area contributed by atoms with Crippen LogP contribution in [0.25, 0.3) is 17.2 Å². The van der Waals surface area contributed by atoms with Crippen molar-refractivity contribution in [3.63, 3.8) is 0 Å². The average molecular weight is 425 g/mol. The second-order valence-corrected chi connectivity index (χ2v) is 7.65. The van der Waals surface area contributed by atoms with Crippen molar-refractivity contribution in [1.29, 1.82) is 0 Å². The number of hydrogen-bond acceptors (Lipinski definition) is 6. The Kier molecular flexibility index (Phi) is 6.34. The van der Waals surface area contributed by atoms with Gasteiger partial charge in [0, 0.05) is 53.4 Å². The van der Waals surface area contributed by atoms with Crippen molar-refractivity contribution in [3.05, 3.63) is 62.8 Å². The number of imidazole rings is 1. The van der Waals surface area contributed by atoms with Gasteiger partial charge in [0.15, 0.2) is 11.2 Å². The molecular weight excluding hydrogens is 396 g/mol. The highest BCUT2D eigenvalue weighted by Crippen LogP contribution is 2.21. The van der Waals surface area contributed by atoms with Crippen molar-refractivity contribution in [2.45, 2.75) is 6.54 Å². The number of ether oxygens (including phenoxy) is 1. The summed E-state index contributed by atoms with van der Waals surface area (Å²) in [4.78, 5) is 36.2. The second-order valence-electron chi connectivity index (χ2n) is 7.65. The van der Waals surface area contributed by atoms with E-state index >= 15 is 0 Å². The van der Waals surface area contributed by atoms with E-state index in [0.717, 1.165) is 32.7 Å². The standard InChI is InChI=1S/C22H28N6O3/c1-25-19-18(20(29)24-22(25)30)28(15-16-31-2)21(23-19)27-13-11-26(12-14-27)10-6-9-17-7-4-3-5-8-17/h3-9H,10-16H2,1-2H3,(H,24,29,30). The van der Waals surface area contributed by atoms with E-state index in [9.17, 15) is 9.59 Å². The van der Waals surface area contributed by atoms with Crippen molar-refractivity contribution in [2.24, 2.45) is 7.05 Å². The van der Waals surface area contributed by atoms with Crippen LogP contribution in [0.15, 0.2) is 46.0 Å². The minimum absolute atomic E-state index is 0.396. The number of benzene rings is 1. The first-order chi connectivity index (χ1) is 15.1. The number of methoxy groups -OCH3 is 1. The molecule has 9 nitrogen and oxygen atoms in total.